The number of amides is 7. The summed E-state index contributed by atoms with van der Waals surface area (Å²) in [5.41, 5.74) is 6.90. The van der Waals surface area contributed by atoms with Gasteiger partial charge in [0.2, 0.25) is 35.4 Å². The van der Waals surface area contributed by atoms with E-state index in [1.807, 2.05) is 0 Å². The molecule has 0 saturated heterocycles. The molecular formula is C50H64N9NaO15S3. The van der Waals surface area contributed by atoms with E-state index in [0.29, 0.717) is 39.1 Å². The Morgan fingerprint density at radius 1 is 0.705 bits per heavy atom. The summed E-state index contributed by atoms with van der Waals surface area (Å²) in [5.74, 6) is -7.53. The number of nitrogens with zero attached hydrogens (tertiary/aromatic N) is 1. The van der Waals surface area contributed by atoms with Crippen molar-refractivity contribution in [2.75, 3.05) is 30.6 Å². The van der Waals surface area contributed by atoms with E-state index in [9.17, 15) is 57.0 Å². The molecule has 0 aliphatic heterocycles. The van der Waals surface area contributed by atoms with Crippen LogP contribution in [0.2, 0.25) is 0 Å². The van der Waals surface area contributed by atoms with E-state index < -0.39 is 119 Å². The summed E-state index contributed by atoms with van der Waals surface area (Å²) < 4.78 is 41.2. The van der Waals surface area contributed by atoms with Crippen LogP contribution in [0.5, 0.6) is 5.75 Å². The number of alkyl carbamates (subject to hydrolysis) is 1. The summed E-state index contributed by atoms with van der Waals surface area (Å²) in [6.45, 7) is 4.05. The Morgan fingerprint density at radius 2 is 1.23 bits per heavy atom. The molecule has 3 aromatic carbocycles. The van der Waals surface area contributed by atoms with Crippen LogP contribution in [0, 0.1) is 0 Å². The third kappa shape index (κ3) is 23.3. The van der Waals surface area contributed by atoms with Crippen LogP contribution in [0.3, 0.4) is 0 Å². The predicted molar refractivity (Wildman–Crippen MR) is 287 cm³/mol. The number of aromatic amines is 1. The van der Waals surface area contributed by atoms with Gasteiger partial charge in [-0.2, -0.15) is 31.9 Å². The molecule has 11 N–H and O–H groups in total. The zero-order valence-electron chi connectivity index (χ0n) is 43.9. The van der Waals surface area contributed by atoms with Crippen LogP contribution < -0.4 is 76.5 Å². The number of thioether (sulfide) groups is 2. The monoisotopic (exact) mass is 1150 g/mol. The van der Waals surface area contributed by atoms with Crippen molar-refractivity contribution < 1.29 is 100 Å². The number of carbonyl (C=O) groups is 8. The van der Waals surface area contributed by atoms with Crippen LogP contribution in [0.15, 0.2) is 90.1 Å². The van der Waals surface area contributed by atoms with Crippen LogP contribution in [-0.4, -0.2) is 149 Å². The molecule has 0 radical (unpaired) electrons. The molecule has 28 heteroatoms. The molecule has 6 atom stereocenters. The second-order valence-corrected chi connectivity index (χ2v) is 21.4. The SMILES string of the molecule is CSCC[C@H](NC(=O)[C@H](Cc1c[nH]c2ccccc12)N=C([O-])CNC(=O)[C@H](CCSC)NC(=O)[C@H](Cc1ccc(OS(=O)(=O)O)cc1)NC(=O)OC(C)(C)C)C(=O)N[C@@H](CC(=O)O)C(=O)N[C@@H](Cc1ccccc1)C(N)=O.[Na+]. The van der Waals surface area contributed by atoms with Crippen molar-refractivity contribution >= 4 is 98.2 Å². The summed E-state index contributed by atoms with van der Waals surface area (Å²) in [6.07, 6.45) is 2.84. The number of hydrogen-bond acceptors (Lipinski definition) is 16. The van der Waals surface area contributed by atoms with E-state index >= 15 is 0 Å². The number of hydrogen-bond donors (Lipinski definition) is 10. The Labute approximate surface area is 482 Å². The Hall–Kier alpha value is -6.36. The Bertz CT molecular complexity index is 2840. The maximum Gasteiger partial charge on any atom is 1.00 e. The molecule has 0 aliphatic rings. The fourth-order valence-corrected chi connectivity index (χ4v) is 8.76. The molecule has 0 aliphatic carbocycles. The first kappa shape index (κ1) is 65.9. The quantitative estimate of drug-likeness (QED) is 0.0116. The van der Waals surface area contributed by atoms with E-state index in [1.165, 1.54) is 47.8 Å². The van der Waals surface area contributed by atoms with E-state index in [0.717, 1.165) is 0 Å². The second-order valence-electron chi connectivity index (χ2n) is 18.4. The largest absolute Gasteiger partial charge is 1.00 e. The van der Waals surface area contributed by atoms with Crippen molar-refractivity contribution in [3.05, 3.63) is 102 Å². The number of para-hydroxylation sites is 1. The summed E-state index contributed by atoms with van der Waals surface area (Å²) in [6, 6.07) is 12.3. The normalized spacial score (nSPS) is 13.9. The molecule has 24 nitrogen and oxygen atoms in total. The minimum Gasteiger partial charge on any atom is -0.861 e. The third-order valence-corrected chi connectivity index (χ3v) is 12.8. The van der Waals surface area contributed by atoms with Gasteiger partial charge in [-0.15, -0.1) is 0 Å². The number of ether oxygens (including phenoxy) is 1. The number of nitrogens with two attached hydrogens (primary N) is 1. The summed E-state index contributed by atoms with van der Waals surface area (Å²) in [5, 5.41) is 39.1. The average molecular weight is 1150 g/mol. The van der Waals surface area contributed by atoms with Gasteiger partial charge in [-0.3, -0.25) is 43.1 Å². The number of aliphatic imine (C=N–C) groups is 1. The van der Waals surface area contributed by atoms with Crippen molar-refractivity contribution in [3.63, 3.8) is 0 Å². The number of carboxylic acids is 1. The smallest absolute Gasteiger partial charge is 0.861 e. The van der Waals surface area contributed by atoms with Gasteiger partial charge in [0.15, 0.2) is 0 Å². The van der Waals surface area contributed by atoms with E-state index in [4.69, 9.17) is 15.0 Å². The first-order chi connectivity index (χ1) is 36.3. The van der Waals surface area contributed by atoms with E-state index in [2.05, 4.69) is 46.1 Å². The number of H-pyrrole nitrogens is 1. The molecule has 0 saturated carbocycles. The summed E-state index contributed by atoms with van der Waals surface area (Å²) >= 11 is 2.67. The van der Waals surface area contributed by atoms with Crippen LogP contribution in [0.25, 0.3) is 10.9 Å². The van der Waals surface area contributed by atoms with Crippen LogP contribution in [0.1, 0.15) is 56.7 Å². The van der Waals surface area contributed by atoms with Crippen LogP contribution in [-0.2, 0) is 68.0 Å². The Morgan fingerprint density at radius 3 is 1.82 bits per heavy atom. The van der Waals surface area contributed by atoms with Gasteiger partial charge in [-0.05, 0) is 98.4 Å². The zero-order valence-corrected chi connectivity index (χ0v) is 48.3. The minimum atomic E-state index is -4.83. The topological polar surface area (TPSA) is 379 Å². The molecule has 0 fully saturated rings. The Kier molecular flexibility index (Phi) is 27.0. The first-order valence-electron chi connectivity index (χ1n) is 23.9. The van der Waals surface area contributed by atoms with Gasteiger partial charge < -0.3 is 61.8 Å². The number of aromatic nitrogens is 1. The van der Waals surface area contributed by atoms with Crippen LogP contribution in [0.4, 0.5) is 4.79 Å². The molecule has 0 spiro atoms. The van der Waals surface area contributed by atoms with E-state index in [-0.39, 0.29) is 67.4 Å². The molecule has 1 aromatic heterocycles. The number of nitrogens with one attached hydrogen (secondary N) is 7. The van der Waals surface area contributed by atoms with Crippen molar-refractivity contribution in [2.45, 2.75) is 101 Å². The van der Waals surface area contributed by atoms with Crippen molar-refractivity contribution in [1.82, 2.24) is 36.9 Å². The second kappa shape index (κ2) is 31.9. The maximum absolute atomic E-state index is 14.3. The number of benzene rings is 3. The number of primary amides is 1. The molecule has 1 heterocycles. The molecule has 0 bridgehead atoms. The maximum atomic E-state index is 14.3. The number of rotatable bonds is 30. The van der Waals surface area contributed by atoms with Gasteiger partial charge in [-0.1, -0.05) is 60.7 Å². The Balaban J connectivity index is 0.0000160. The fourth-order valence-electron chi connectivity index (χ4n) is 7.46. The van der Waals surface area contributed by atoms with Crippen LogP contribution >= 0.6 is 23.5 Å². The molecule has 4 aromatic rings. The van der Waals surface area contributed by atoms with Gasteiger partial charge in [0, 0.05) is 42.9 Å². The van der Waals surface area contributed by atoms with E-state index in [1.54, 1.807) is 94.1 Å². The zero-order chi connectivity index (χ0) is 56.9. The molecule has 7 amide bonds. The number of carbonyl (C=O) groups excluding carboxylic acids is 7. The average Bonchev–Trinajstić information content (AvgIpc) is 3.77. The predicted octanol–water partition coefficient (Wildman–Crippen LogP) is -2.08. The fraction of sp³-hybridized carbons (Fsp3) is 0.420. The molecular weight excluding hydrogens is 1090 g/mol. The minimum absolute atomic E-state index is 0. The van der Waals surface area contributed by atoms with Gasteiger partial charge in [0.1, 0.15) is 47.6 Å². The standard InChI is InChI=1S/C50H65N9O15S3.Na/c1-50(2,3)73-49(69)59-38(24-30-15-17-32(18-16-30)74-77(70,71)72)46(66)55-35(19-21-75-4)44(64)53-28-41(60)54-39(25-31-27-52-34-14-10-9-13-33(31)34)47(67)56-36(20-22-76-5)45(65)58-40(26-42(61)62)48(68)57-37(43(51)63)23-29-11-7-6-8-12-29;/h6-18,27,35-40,52H,19-26,28H2,1-5H3,(H2,51,63)(H,53,64)(H,54,60)(H,55,66)(H,56,67)(H,57,68)(H,58,65)(H,59,69)(H,61,62)(H,70,71,72);/q;+1/p-1/t35-,36-,37-,38-,39-,40-;/m0./s1. The third-order valence-electron chi connectivity index (χ3n) is 11.1. The van der Waals surface area contributed by atoms with Crippen molar-refractivity contribution in [2.24, 2.45) is 10.7 Å². The van der Waals surface area contributed by atoms with Gasteiger partial charge in [-0.25, -0.2) is 4.79 Å². The number of carboxylic acid groups (broad SMARTS) is 1. The molecule has 418 valence electrons. The first-order valence-corrected chi connectivity index (χ1v) is 28.1. The molecule has 78 heavy (non-hydrogen) atoms. The van der Waals surface area contributed by atoms with Gasteiger partial charge in [0.05, 0.1) is 6.42 Å². The number of fused-ring (bicyclic) bond motifs is 1. The molecule has 0 unspecified atom stereocenters. The molecule has 4 rings (SSSR count). The van der Waals surface area contributed by atoms with Gasteiger partial charge in [0.25, 0.3) is 0 Å². The van der Waals surface area contributed by atoms with Crippen molar-refractivity contribution in [3.8, 4) is 5.75 Å². The summed E-state index contributed by atoms with van der Waals surface area (Å²) in [7, 11) is -4.83. The number of aliphatic carboxylic acids is 1. The summed E-state index contributed by atoms with van der Waals surface area (Å²) in [4.78, 5) is 114. The van der Waals surface area contributed by atoms with Gasteiger partial charge >= 0.3 is 52.0 Å². The van der Waals surface area contributed by atoms with Crippen molar-refractivity contribution in [1.29, 1.82) is 0 Å².